The van der Waals surface area contributed by atoms with E-state index in [1.807, 2.05) is 76.7 Å². The predicted octanol–water partition coefficient (Wildman–Crippen LogP) is 2.56. The van der Waals surface area contributed by atoms with Crippen LogP contribution < -0.4 is 14.9 Å². The lowest BCUT2D eigenvalue weighted by Gasteiger charge is -2.14. The largest absolute Gasteiger partial charge is 0.492 e. The van der Waals surface area contributed by atoms with Crippen LogP contribution in [-0.2, 0) is 0 Å². The summed E-state index contributed by atoms with van der Waals surface area (Å²) in [6.07, 6.45) is 4.10. The topological polar surface area (TPSA) is 45.2 Å². The monoisotopic (exact) mass is 396 g/mol. The lowest BCUT2D eigenvalue weighted by molar-refractivity contribution is 0.251. The van der Waals surface area contributed by atoms with Gasteiger partial charge in [-0.15, -0.1) is 0 Å². The van der Waals surface area contributed by atoms with E-state index in [0.29, 0.717) is 13.2 Å². The fraction of sp³-hybridized carbons (Fsp3) is 0.391. The molecule has 156 valence electrons. The van der Waals surface area contributed by atoms with Gasteiger partial charge in [-0.3, -0.25) is 0 Å². The molecule has 0 unspecified atom stereocenters. The molecular weight excluding hydrogens is 363 g/mol. The molecule has 1 N–H and O–H groups in total. The number of hydrogen-bond acceptors (Lipinski definition) is 5. The van der Waals surface area contributed by atoms with Crippen molar-refractivity contribution in [3.63, 3.8) is 0 Å². The van der Waals surface area contributed by atoms with E-state index in [1.165, 1.54) is 0 Å². The van der Waals surface area contributed by atoms with Crippen molar-refractivity contribution < 1.29 is 14.5 Å². The zero-order chi connectivity index (χ0) is 21.2. The van der Waals surface area contributed by atoms with Gasteiger partial charge in [0, 0.05) is 19.2 Å². The van der Waals surface area contributed by atoms with Crippen molar-refractivity contribution in [2.75, 3.05) is 54.5 Å². The first kappa shape index (κ1) is 23.0. The molecule has 6 heteroatoms. The average Bonchev–Trinajstić information content (AvgIpc) is 2.66. The van der Waals surface area contributed by atoms with Crippen molar-refractivity contribution in [3.05, 3.63) is 53.6 Å². The highest BCUT2D eigenvalue weighted by Crippen LogP contribution is 2.24. The highest BCUT2D eigenvalue weighted by atomic mass is 16.5. The van der Waals surface area contributed by atoms with Crippen LogP contribution in [0.25, 0.3) is 12.2 Å². The Kier molecular flexibility index (Phi) is 9.25. The Morgan fingerprint density at radius 1 is 0.793 bits per heavy atom. The zero-order valence-electron chi connectivity index (χ0n) is 18.3. The molecule has 0 spiro atoms. The Hall–Kier alpha value is -2.28. The summed E-state index contributed by atoms with van der Waals surface area (Å²) in [5.74, 6) is 1.61. The van der Waals surface area contributed by atoms with Crippen LogP contribution in [0.1, 0.15) is 11.1 Å². The molecule has 0 radical (unpaired) electrons. The van der Waals surface area contributed by atoms with Crippen LogP contribution in [0.2, 0.25) is 6.82 Å². The molecule has 0 saturated heterocycles. The van der Waals surface area contributed by atoms with Crippen molar-refractivity contribution in [1.29, 1.82) is 0 Å². The van der Waals surface area contributed by atoms with Crippen LogP contribution in [0.4, 0.5) is 0 Å². The van der Waals surface area contributed by atoms with Gasteiger partial charge in [-0.2, -0.15) is 0 Å². The normalized spacial score (nSPS) is 11.4. The van der Waals surface area contributed by atoms with Crippen molar-refractivity contribution in [2.24, 2.45) is 0 Å². The molecule has 0 atom stereocenters. The van der Waals surface area contributed by atoms with Crippen molar-refractivity contribution in [3.8, 4) is 11.5 Å². The Labute approximate surface area is 175 Å². The van der Waals surface area contributed by atoms with Crippen LogP contribution in [0.3, 0.4) is 0 Å². The number of ether oxygens (including phenoxy) is 2. The first-order valence-corrected chi connectivity index (χ1v) is 10.00. The molecule has 2 rings (SSSR count). The molecule has 29 heavy (non-hydrogen) atoms. The lowest BCUT2D eigenvalue weighted by atomic mass is 9.64. The van der Waals surface area contributed by atoms with Gasteiger partial charge >= 0.3 is 6.92 Å². The summed E-state index contributed by atoms with van der Waals surface area (Å²) in [4.78, 5) is 4.18. The molecule has 2 aromatic carbocycles. The maximum atomic E-state index is 9.64. The van der Waals surface area contributed by atoms with Gasteiger partial charge in [0.1, 0.15) is 24.7 Å². The fourth-order valence-electron chi connectivity index (χ4n) is 2.63. The smallest absolute Gasteiger partial charge is 0.320 e. The number of benzene rings is 2. The molecule has 0 fully saturated rings. The van der Waals surface area contributed by atoms with E-state index in [9.17, 15) is 5.02 Å². The van der Waals surface area contributed by atoms with E-state index in [1.54, 1.807) is 6.82 Å². The molecular formula is C23H33BN2O3. The summed E-state index contributed by atoms with van der Waals surface area (Å²) in [6, 6.07) is 13.9. The number of rotatable bonds is 11. The van der Waals surface area contributed by atoms with Crippen LogP contribution in [-0.4, -0.2) is 76.2 Å². The molecule has 0 saturated carbocycles. The van der Waals surface area contributed by atoms with Gasteiger partial charge in [0.15, 0.2) is 0 Å². The third kappa shape index (κ3) is 8.73. The second kappa shape index (κ2) is 11.7. The highest BCUT2D eigenvalue weighted by molar-refractivity contribution is 6.64. The third-order valence-electron chi connectivity index (χ3n) is 4.40. The fourth-order valence-corrected chi connectivity index (χ4v) is 2.63. The minimum atomic E-state index is -0.453. The Bertz CT molecular complexity index is 742. The van der Waals surface area contributed by atoms with Gasteiger partial charge in [0.25, 0.3) is 0 Å². The Balaban J connectivity index is 2.14. The minimum absolute atomic E-state index is 0.453. The van der Waals surface area contributed by atoms with Crippen LogP contribution in [0.15, 0.2) is 42.5 Å². The van der Waals surface area contributed by atoms with Crippen LogP contribution in [0.5, 0.6) is 11.5 Å². The van der Waals surface area contributed by atoms with Crippen molar-refractivity contribution >= 4 is 24.5 Å². The number of hydrogen-bond donors (Lipinski definition) is 1. The first-order valence-electron chi connectivity index (χ1n) is 10.00. The number of likely N-dealkylation sites (N-methyl/N-ethyl adjacent to an activating group) is 2. The average molecular weight is 396 g/mol. The second-order valence-electron chi connectivity index (χ2n) is 7.72. The minimum Gasteiger partial charge on any atom is -0.492 e. The van der Waals surface area contributed by atoms with E-state index in [4.69, 9.17) is 9.47 Å². The van der Waals surface area contributed by atoms with Gasteiger partial charge in [0.2, 0.25) is 0 Å². The van der Waals surface area contributed by atoms with Gasteiger partial charge in [0.05, 0.1) is 0 Å². The molecule has 2 aromatic rings. The van der Waals surface area contributed by atoms with E-state index >= 15 is 0 Å². The molecule has 0 heterocycles. The molecule has 0 aliphatic rings. The SMILES string of the molecule is CB(O)c1ccc(/C=C/c2cc(OCCN(C)C)cc(OCCN(C)C)c2)cc1. The van der Waals surface area contributed by atoms with Crippen LogP contribution >= 0.6 is 0 Å². The van der Waals surface area contributed by atoms with Gasteiger partial charge < -0.3 is 24.3 Å². The summed E-state index contributed by atoms with van der Waals surface area (Å²) in [5, 5.41) is 9.64. The lowest BCUT2D eigenvalue weighted by Crippen LogP contribution is -2.25. The first-order chi connectivity index (χ1) is 13.8. The van der Waals surface area contributed by atoms with Gasteiger partial charge in [-0.25, -0.2) is 0 Å². The molecule has 0 bridgehead atoms. The Morgan fingerprint density at radius 2 is 1.28 bits per heavy atom. The van der Waals surface area contributed by atoms with E-state index < -0.39 is 6.92 Å². The molecule has 0 aliphatic carbocycles. The summed E-state index contributed by atoms with van der Waals surface area (Å²) in [6.45, 7) is 4.27. The van der Waals surface area contributed by atoms with Crippen molar-refractivity contribution in [1.82, 2.24) is 9.80 Å². The second-order valence-corrected chi connectivity index (χ2v) is 7.72. The summed E-state index contributed by atoms with van der Waals surface area (Å²) in [7, 11) is 8.12. The molecule has 0 amide bonds. The highest BCUT2D eigenvalue weighted by Gasteiger charge is 2.05. The standard InChI is InChI=1S/C23H33BN2O3/c1-24(27)21-10-8-19(9-11-21)6-7-20-16-22(28-14-12-25(2)3)18-23(17-20)29-15-13-26(4)5/h6-11,16-18,27H,12-15H2,1-5H3/b7-6+. The van der Waals surface area contributed by atoms with Gasteiger partial charge in [-0.1, -0.05) is 43.2 Å². The summed E-state index contributed by atoms with van der Waals surface area (Å²) >= 11 is 0. The van der Waals surface area contributed by atoms with E-state index in [0.717, 1.165) is 41.2 Å². The molecule has 0 aromatic heterocycles. The maximum absolute atomic E-state index is 9.64. The summed E-state index contributed by atoms with van der Waals surface area (Å²) < 4.78 is 11.9. The quantitative estimate of drug-likeness (QED) is 0.467. The number of nitrogens with zero attached hydrogens (tertiary/aromatic N) is 2. The van der Waals surface area contributed by atoms with Crippen molar-refractivity contribution in [2.45, 2.75) is 6.82 Å². The maximum Gasteiger partial charge on any atom is 0.320 e. The zero-order valence-corrected chi connectivity index (χ0v) is 18.3. The molecule has 5 nitrogen and oxygen atoms in total. The van der Waals surface area contributed by atoms with E-state index in [2.05, 4.69) is 15.9 Å². The van der Waals surface area contributed by atoms with Gasteiger partial charge in [-0.05, 0) is 56.9 Å². The molecule has 0 aliphatic heterocycles. The third-order valence-corrected chi connectivity index (χ3v) is 4.40. The summed E-state index contributed by atoms with van der Waals surface area (Å²) in [5.41, 5.74) is 3.00. The van der Waals surface area contributed by atoms with Crippen LogP contribution in [0, 0.1) is 0 Å². The van der Waals surface area contributed by atoms with E-state index in [-0.39, 0.29) is 0 Å². The predicted molar refractivity (Wildman–Crippen MR) is 123 cm³/mol. The Morgan fingerprint density at radius 3 is 1.72 bits per heavy atom.